The average Bonchev–Trinajstić information content (AvgIpc) is 2.83. The highest BCUT2D eigenvalue weighted by molar-refractivity contribution is 7.80. The van der Waals surface area contributed by atoms with E-state index in [0.29, 0.717) is 0 Å². The minimum atomic E-state index is -0.0181. The monoisotopic (exact) mass is 234 g/mol. The fourth-order valence-electron chi connectivity index (χ4n) is 2.13. The molecule has 2 rings (SSSR count). The van der Waals surface area contributed by atoms with E-state index in [-0.39, 0.29) is 6.04 Å². The van der Waals surface area contributed by atoms with Crippen molar-refractivity contribution in [3.05, 3.63) is 35.9 Å². The first-order chi connectivity index (χ1) is 7.77. The molecule has 3 heteroatoms. The molecule has 1 unspecified atom stereocenters. The molecule has 1 aliphatic heterocycles. The molecule has 1 fully saturated rings. The number of hydrogen-bond acceptors (Lipinski definition) is 2. The number of likely N-dealkylation sites (tertiary alicyclic amines) is 1. The van der Waals surface area contributed by atoms with E-state index in [2.05, 4.69) is 17.0 Å². The minimum absolute atomic E-state index is 0.0181. The Bertz CT molecular complexity index is 344. The van der Waals surface area contributed by atoms with Gasteiger partial charge in [-0.15, -0.1) is 0 Å². The van der Waals surface area contributed by atoms with Gasteiger partial charge in [-0.25, -0.2) is 0 Å². The first-order valence-corrected chi connectivity index (χ1v) is 6.26. The summed E-state index contributed by atoms with van der Waals surface area (Å²) in [5.41, 5.74) is 7.41. The lowest BCUT2D eigenvalue weighted by molar-refractivity contribution is 0.506. The smallest absolute Gasteiger partial charge is 0.0952 e. The third-order valence-corrected chi connectivity index (χ3v) is 3.59. The summed E-state index contributed by atoms with van der Waals surface area (Å²) in [5.74, 6) is 0. The van der Waals surface area contributed by atoms with Crippen molar-refractivity contribution >= 4 is 17.2 Å². The summed E-state index contributed by atoms with van der Waals surface area (Å²) in [7, 11) is 0. The molecule has 1 heterocycles. The van der Waals surface area contributed by atoms with Crippen LogP contribution in [0.1, 0.15) is 18.4 Å². The van der Waals surface area contributed by atoms with Crippen LogP contribution in [0.15, 0.2) is 30.3 Å². The first kappa shape index (κ1) is 11.6. The van der Waals surface area contributed by atoms with E-state index < -0.39 is 0 Å². The second kappa shape index (κ2) is 5.41. The summed E-state index contributed by atoms with van der Waals surface area (Å²) in [5, 5.41) is 0. The van der Waals surface area contributed by atoms with E-state index in [1.807, 2.05) is 18.2 Å². The van der Waals surface area contributed by atoms with Crippen LogP contribution in [0, 0.1) is 0 Å². The van der Waals surface area contributed by atoms with Gasteiger partial charge in [0.2, 0.25) is 0 Å². The molecule has 0 radical (unpaired) electrons. The molecule has 16 heavy (non-hydrogen) atoms. The average molecular weight is 234 g/mol. The van der Waals surface area contributed by atoms with Crippen LogP contribution in [-0.2, 0) is 6.42 Å². The molecule has 2 N–H and O–H groups in total. The molecular weight excluding hydrogens is 216 g/mol. The Morgan fingerprint density at radius 1 is 1.25 bits per heavy atom. The molecule has 0 aromatic heterocycles. The summed E-state index contributed by atoms with van der Waals surface area (Å²) in [4.78, 5) is 3.18. The summed E-state index contributed by atoms with van der Waals surface area (Å²) < 4.78 is 0. The predicted molar refractivity (Wildman–Crippen MR) is 71.5 cm³/mol. The van der Waals surface area contributed by atoms with Crippen LogP contribution in [0.4, 0.5) is 0 Å². The fraction of sp³-hybridized carbons (Fsp3) is 0.462. The molecule has 2 nitrogen and oxygen atoms in total. The van der Waals surface area contributed by atoms with E-state index in [0.717, 1.165) is 24.5 Å². The van der Waals surface area contributed by atoms with Crippen molar-refractivity contribution in [2.75, 3.05) is 13.1 Å². The van der Waals surface area contributed by atoms with E-state index in [1.165, 1.54) is 18.4 Å². The molecule has 1 aromatic rings. The Hall–Kier alpha value is -0.930. The standard InChI is InChI=1S/C13H18N2S/c14-12(10-11-6-2-1-3-7-11)13(16)15-8-4-5-9-15/h1-3,6-7,12H,4-5,8-10,14H2. The van der Waals surface area contributed by atoms with Crippen molar-refractivity contribution in [2.45, 2.75) is 25.3 Å². The van der Waals surface area contributed by atoms with Crippen LogP contribution in [0.25, 0.3) is 0 Å². The Balaban J connectivity index is 1.92. The van der Waals surface area contributed by atoms with Gasteiger partial charge in [0, 0.05) is 13.1 Å². The zero-order valence-electron chi connectivity index (χ0n) is 9.43. The number of thiocarbonyl (C=S) groups is 1. The summed E-state index contributed by atoms with van der Waals surface area (Å²) in [6.45, 7) is 2.17. The van der Waals surface area contributed by atoms with Gasteiger partial charge in [0.15, 0.2) is 0 Å². The summed E-state index contributed by atoms with van der Waals surface area (Å²) >= 11 is 5.44. The Labute approximate surface area is 102 Å². The number of nitrogens with two attached hydrogens (primary N) is 1. The number of hydrogen-bond donors (Lipinski definition) is 1. The molecule has 1 atom stereocenters. The quantitative estimate of drug-likeness (QED) is 0.811. The molecule has 0 bridgehead atoms. The molecular formula is C13H18N2S. The van der Waals surface area contributed by atoms with Gasteiger partial charge >= 0.3 is 0 Å². The van der Waals surface area contributed by atoms with Crippen LogP contribution < -0.4 is 5.73 Å². The second-order valence-corrected chi connectivity index (χ2v) is 4.75. The maximum atomic E-state index is 6.15. The summed E-state index contributed by atoms with van der Waals surface area (Å²) in [6, 6.07) is 10.3. The van der Waals surface area contributed by atoms with Gasteiger partial charge in [-0.1, -0.05) is 42.5 Å². The van der Waals surface area contributed by atoms with Crippen LogP contribution in [0.5, 0.6) is 0 Å². The van der Waals surface area contributed by atoms with Crippen molar-refractivity contribution in [3.63, 3.8) is 0 Å². The number of benzene rings is 1. The van der Waals surface area contributed by atoms with Crippen molar-refractivity contribution in [3.8, 4) is 0 Å². The molecule has 0 saturated carbocycles. The van der Waals surface area contributed by atoms with Gasteiger partial charge in [-0.3, -0.25) is 0 Å². The van der Waals surface area contributed by atoms with Gasteiger partial charge in [0.1, 0.15) is 0 Å². The van der Waals surface area contributed by atoms with Gasteiger partial charge in [0.25, 0.3) is 0 Å². The molecule has 1 saturated heterocycles. The largest absolute Gasteiger partial charge is 0.365 e. The first-order valence-electron chi connectivity index (χ1n) is 5.85. The molecule has 0 aliphatic carbocycles. The third kappa shape index (κ3) is 2.80. The molecule has 1 aromatic carbocycles. The maximum Gasteiger partial charge on any atom is 0.0952 e. The zero-order chi connectivity index (χ0) is 11.4. The van der Waals surface area contributed by atoms with Gasteiger partial charge < -0.3 is 10.6 Å². The van der Waals surface area contributed by atoms with Gasteiger partial charge in [0.05, 0.1) is 11.0 Å². The highest BCUT2D eigenvalue weighted by atomic mass is 32.1. The van der Waals surface area contributed by atoms with E-state index in [4.69, 9.17) is 18.0 Å². The second-order valence-electron chi connectivity index (χ2n) is 4.33. The van der Waals surface area contributed by atoms with Crippen LogP contribution in [0.2, 0.25) is 0 Å². The van der Waals surface area contributed by atoms with Crippen molar-refractivity contribution in [2.24, 2.45) is 5.73 Å². The molecule has 1 aliphatic rings. The lowest BCUT2D eigenvalue weighted by Gasteiger charge is -2.23. The fourth-order valence-corrected chi connectivity index (χ4v) is 2.39. The summed E-state index contributed by atoms with van der Waals surface area (Å²) in [6.07, 6.45) is 3.34. The minimum Gasteiger partial charge on any atom is -0.365 e. The lowest BCUT2D eigenvalue weighted by atomic mass is 10.1. The van der Waals surface area contributed by atoms with E-state index in [9.17, 15) is 0 Å². The SMILES string of the molecule is NC(Cc1ccccc1)C(=S)N1CCCC1. The van der Waals surface area contributed by atoms with Crippen LogP contribution >= 0.6 is 12.2 Å². The van der Waals surface area contributed by atoms with Gasteiger partial charge in [-0.05, 0) is 24.8 Å². The third-order valence-electron chi connectivity index (χ3n) is 3.03. The van der Waals surface area contributed by atoms with Crippen molar-refractivity contribution in [1.82, 2.24) is 4.90 Å². The van der Waals surface area contributed by atoms with Crippen LogP contribution in [-0.4, -0.2) is 29.0 Å². The predicted octanol–water partition coefficient (Wildman–Crippen LogP) is 1.98. The Kier molecular flexibility index (Phi) is 3.91. The molecule has 0 amide bonds. The van der Waals surface area contributed by atoms with E-state index >= 15 is 0 Å². The van der Waals surface area contributed by atoms with Crippen molar-refractivity contribution < 1.29 is 0 Å². The van der Waals surface area contributed by atoms with E-state index in [1.54, 1.807) is 0 Å². The highest BCUT2D eigenvalue weighted by Gasteiger charge is 2.19. The highest BCUT2D eigenvalue weighted by Crippen LogP contribution is 2.12. The number of rotatable bonds is 3. The Morgan fingerprint density at radius 2 is 1.88 bits per heavy atom. The number of nitrogens with zero attached hydrogens (tertiary/aromatic N) is 1. The molecule has 86 valence electrons. The lowest BCUT2D eigenvalue weighted by Crippen LogP contribution is -2.42. The van der Waals surface area contributed by atoms with Crippen molar-refractivity contribution in [1.29, 1.82) is 0 Å². The Morgan fingerprint density at radius 3 is 2.50 bits per heavy atom. The van der Waals surface area contributed by atoms with Gasteiger partial charge in [-0.2, -0.15) is 0 Å². The normalized spacial score (nSPS) is 17.4. The zero-order valence-corrected chi connectivity index (χ0v) is 10.2. The maximum absolute atomic E-state index is 6.15. The topological polar surface area (TPSA) is 29.3 Å². The van der Waals surface area contributed by atoms with Crippen LogP contribution in [0.3, 0.4) is 0 Å². The molecule has 0 spiro atoms.